The molecule has 5 rings (SSSR count). The average Bonchev–Trinajstić information content (AvgIpc) is 2.92. The molecule has 40 heavy (non-hydrogen) atoms. The highest BCUT2D eigenvalue weighted by Crippen LogP contribution is 2.49. The first-order chi connectivity index (χ1) is 18.8. The maximum atomic E-state index is 15.3. The van der Waals surface area contributed by atoms with Gasteiger partial charge in [-0.25, -0.2) is 43.9 Å². The van der Waals surface area contributed by atoms with Gasteiger partial charge in [0.25, 0.3) is 0 Å². The average molecular weight is 576 g/mol. The molecular weight excluding hydrogens is 568 g/mol. The molecule has 0 atom stereocenters. The summed E-state index contributed by atoms with van der Waals surface area (Å²) in [5, 5.41) is -3.88. The molecule has 0 aliphatic rings. The van der Waals surface area contributed by atoms with Gasteiger partial charge in [0.2, 0.25) is 17.5 Å². The van der Waals surface area contributed by atoms with Gasteiger partial charge in [-0.2, -0.15) is 8.78 Å². The Balaban J connectivity index is 2.15. The van der Waals surface area contributed by atoms with Crippen molar-refractivity contribution in [1.82, 2.24) is 0 Å². The lowest BCUT2D eigenvalue weighted by atomic mass is 9.84. The van der Waals surface area contributed by atoms with Crippen molar-refractivity contribution in [2.45, 2.75) is 0 Å². The lowest BCUT2D eigenvalue weighted by Crippen LogP contribution is -2.07. The molecule has 0 aromatic heterocycles. The Morgan fingerprint density at radius 3 is 1.35 bits per heavy atom. The monoisotopic (exact) mass is 576 g/mol. The van der Waals surface area contributed by atoms with Gasteiger partial charge in [0.1, 0.15) is 5.82 Å². The van der Waals surface area contributed by atoms with Crippen LogP contribution in [0.25, 0.3) is 43.8 Å². The molecule has 0 aliphatic carbocycles. The second kappa shape index (κ2) is 9.35. The van der Waals surface area contributed by atoms with Crippen LogP contribution in [0, 0.1) is 69.8 Å². The molecule has 0 fully saturated rings. The highest BCUT2D eigenvalue weighted by molar-refractivity contribution is 6.21. The number of halogens is 12. The summed E-state index contributed by atoms with van der Waals surface area (Å²) in [6, 6.07) is 2.61. The van der Waals surface area contributed by atoms with Gasteiger partial charge >= 0.3 is 0 Å². The van der Waals surface area contributed by atoms with Crippen LogP contribution in [0.3, 0.4) is 0 Å². The van der Waals surface area contributed by atoms with Gasteiger partial charge in [0.05, 0.1) is 18.2 Å². The lowest BCUT2D eigenvalue weighted by molar-refractivity contribution is 0.334. The van der Waals surface area contributed by atoms with Gasteiger partial charge in [-0.05, 0) is 34.4 Å². The summed E-state index contributed by atoms with van der Waals surface area (Å²) in [5.74, 6) is -27.6. The maximum absolute atomic E-state index is 15.3. The van der Waals surface area contributed by atoms with Crippen molar-refractivity contribution in [3.05, 3.63) is 100 Å². The fourth-order valence-electron chi connectivity index (χ4n) is 4.59. The molecule has 1 nitrogen and oxygen atoms in total. The topological polar surface area (TPSA) is 9.23 Å². The van der Waals surface area contributed by atoms with Gasteiger partial charge in [-0.15, -0.1) is 0 Å². The maximum Gasteiger partial charge on any atom is 0.204 e. The van der Waals surface area contributed by atoms with Crippen LogP contribution in [0.4, 0.5) is 52.7 Å². The molecule has 5 aromatic rings. The zero-order chi connectivity index (χ0) is 29.4. The number of hydrogen-bond donors (Lipinski definition) is 0. The molecule has 5 aromatic carbocycles. The summed E-state index contributed by atoms with van der Waals surface area (Å²) in [6.07, 6.45) is 0. The number of ether oxygens (including phenoxy) is 1. The molecule has 0 heterocycles. The quantitative estimate of drug-likeness (QED) is 0.0902. The highest BCUT2D eigenvalue weighted by atomic mass is 19.2. The van der Waals surface area contributed by atoms with Crippen LogP contribution in [-0.4, -0.2) is 7.11 Å². The van der Waals surface area contributed by atoms with Crippen LogP contribution in [0.1, 0.15) is 0 Å². The Bertz CT molecular complexity index is 1860. The van der Waals surface area contributed by atoms with Gasteiger partial charge in [-0.3, -0.25) is 0 Å². The number of fused-ring (bicyclic) bond motifs is 2. The summed E-state index contributed by atoms with van der Waals surface area (Å²) in [4.78, 5) is 0. The van der Waals surface area contributed by atoms with Crippen LogP contribution in [0.15, 0.2) is 30.3 Å². The molecule has 0 radical (unpaired) electrons. The zero-order valence-electron chi connectivity index (χ0n) is 19.3. The predicted octanol–water partition coefficient (Wildman–Crippen LogP) is 9.00. The third-order valence-corrected chi connectivity index (χ3v) is 6.27. The van der Waals surface area contributed by atoms with Crippen molar-refractivity contribution in [3.63, 3.8) is 0 Å². The molecule has 0 saturated carbocycles. The van der Waals surface area contributed by atoms with Crippen molar-refractivity contribution in [2.24, 2.45) is 0 Å². The van der Waals surface area contributed by atoms with Crippen LogP contribution in [0.2, 0.25) is 0 Å². The van der Waals surface area contributed by atoms with E-state index in [1.54, 1.807) is 0 Å². The van der Waals surface area contributed by atoms with Crippen LogP contribution < -0.4 is 4.74 Å². The normalized spacial score (nSPS) is 11.6. The van der Waals surface area contributed by atoms with Crippen LogP contribution >= 0.6 is 0 Å². The highest BCUT2D eigenvalue weighted by Gasteiger charge is 2.34. The van der Waals surface area contributed by atoms with E-state index in [1.807, 2.05) is 0 Å². The molecule has 13 heteroatoms. The first-order valence-electron chi connectivity index (χ1n) is 10.8. The largest absolute Gasteiger partial charge is 0.491 e. The zero-order valence-corrected chi connectivity index (χ0v) is 19.3. The smallest absolute Gasteiger partial charge is 0.204 e. The van der Waals surface area contributed by atoms with E-state index in [0.717, 1.165) is 12.1 Å². The van der Waals surface area contributed by atoms with Crippen molar-refractivity contribution in [1.29, 1.82) is 0 Å². The Kier molecular flexibility index (Phi) is 6.35. The van der Waals surface area contributed by atoms with Crippen molar-refractivity contribution in [3.8, 4) is 28.0 Å². The summed E-state index contributed by atoms with van der Waals surface area (Å²) in [6.45, 7) is 0. The lowest BCUT2D eigenvalue weighted by Gasteiger charge is -2.20. The standard InChI is InChI=1S/C27H8F12O/c1-40-27-25(38)20(33)16(21(34)26(27)39)13-7-3-2-4-10(28)14(7)15(9-6-12(30)11(29)5-8(9)13)17-18(31)22(35)24(37)23(36)19(17)32/h2-6H,1H3. The molecule has 0 bridgehead atoms. The van der Waals surface area contributed by atoms with Gasteiger partial charge in [0, 0.05) is 16.5 Å². The number of benzene rings is 5. The molecule has 0 spiro atoms. The third-order valence-electron chi connectivity index (χ3n) is 6.27. The van der Waals surface area contributed by atoms with E-state index in [4.69, 9.17) is 0 Å². The fourth-order valence-corrected chi connectivity index (χ4v) is 4.59. The molecule has 206 valence electrons. The van der Waals surface area contributed by atoms with Crippen molar-refractivity contribution < 1.29 is 57.4 Å². The molecule has 0 N–H and O–H groups in total. The second-order valence-electron chi connectivity index (χ2n) is 8.33. The molecule has 0 amide bonds. The summed E-state index contributed by atoms with van der Waals surface area (Å²) >= 11 is 0. The van der Waals surface area contributed by atoms with E-state index in [2.05, 4.69) is 4.74 Å². The molecular formula is C27H8F12O. The summed E-state index contributed by atoms with van der Waals surface area (Å²) in [5.41, 5.74) is -5.64. The number of methoxy groups -OCH3 is 1. The van der Waals surface area contributed by atoms with Crippen molar-refractivity contribution >= 4 is 21.5 Å². The van der Waals surface area contributed by atoms with Gasteiger partial charge < -0.3 is 4.74 Å². The molecule has 0 aliphatic heterocycles. The van der Waals surface area contributed by atoms with E-state index in [9.17, 15) is 39.5 Å². The first kappa shape index (κ1) is 27.2. The fraction of sp³-hybridized carbons (Fsp3) is 0.0370. The van der Waals surface area contributed by atoms with Gasteiger partial charge in [0.15, 0.2) is 52.3 Å². The number of hydrogen-bond acceptors (Lipinski definition) is 1. The third kappa shape index (κ3) is 3.59. The van der Waals surface area contributed by atoms with Crippen LogP contribution in [-0.2, 0) is 0 Å². The Labute approximate surface area is 214 Å². The minimum atomic E-state index is -2.59. The molecule has 0 saturated heterocycles. The predicted molar refractivity (Wildman–Crippen MR) is 118 cm³/mol. The summed E-state index contributed by atoms with van der Waals surface area (Å²) < 4.78 is 180. The SMILES string of the molecule is COc1c(F)c(F)c(-c2c3cc(F)c(F)cc3c(-c3c(F)c(F)c(F)c(F)c3F)c3c(F)cccc23)c(F)c1F. The van der Waals surface area contributed by atoms with E-state index in [0.29, 0.717) is 13.2 Å². The van der Waals surface area contributed by atoms with E-state index in [1.165, 1.54) is 0 Å². The Morgan fingerprint density at radius 2 is 0.850 bits per heavy atom. The van der Waals surface area contributed by atoms with Gasteiger partial charge in [-0.1, -0.05) is 12.1 Å². The number of rotatable bonds is 3. The minimum absolute atomic E-state index is 0.138. The van der Waals surface area contributed by atoms with E-state index in [-0.39, 0.29) is 12.1 Å². The minimum Gasteiger partial charge on any atom is -0.491 e. The Morgan fingerprint density at radius 1 is 0.425 bits per heavy atom. The first-order valence-corrected chi connectivity index (χ1v) is 10.8. The second-order valence-corrected chi connectivity index (χ2v) is 8.33. The van der Waals surface area contributed by atoms with E-state index < -0.39 is 119 Å². The summed E-state index contributed by atoms with van der Waals surface area (Å²) in [7, 11) is 0.678. The van der Waals surface area contributed by atoms with E-state index >= 15 is 13.2 Å². The van der Waals surface area contributed by atoms with Crippen LogP contribution in [0.5, 0.6) is 5.75 Å². The Hall–Kier alpha value is -4.42. The van der Waals surface area contributed by atoms with Crippen molar-refractivity contribution in [2.75, 3.05) is 7.11 Å². The molecule has 0 unspecified atom stereocenters.